The number of rotatable bonds is 5. The molecule has 0 aromatic rings. The van der Waals surface area contributed by atoms with Crippen LogP contribution in [-0.2, 0) is 9.59 Å². The van der Waals surface area contributed by atoms with Crippen LogP contribution in [0.2, 0.25) is 0 Å². The predicted molar refractivity (Wildman–Crippen MR) is 87.4 cm³/mol. The van der Waals surface area contributed by atoms with E-state index in [2.05, 4.69) is 11.6 Å². The Bertz CT molecular complexity index is 407. The summed E-state index contributed by atoms with van der Waals surface area (Å²) in [5, 5.41) is 3.04. The molecule has 0 aromatic carbocycles. The standard InChI is InChI=1S/C16H28N2O2S/c1-4-15(2)14(20)18(11-8-12-21-3)16(13(19)17-15)9-6-5-7-10-16/h4-12H2,1-3H3,(H,17,19). The second kappa shape index (κ2) is 6.59. The van der Waals surface area contributed by atoms with E-state index in [4.69, 9.17) is 0 Å². The maximum Gasteiger partial charge on any atom is 0.248 e. The van der Waals surface area contributed by atoms with E-state index in [1.54, 1.807) is 11.8 Å². The molecule has 2 fully saturated rings. The quantitative estimate of drug-likeness (QED) is 0.794. The Kier molecular flexibility index (Phi) is 5.23. The van der Waals surface area contributed by atoms with E-state index >= 15 is 0 Å². The van der Waals surface area contributed by atoms with E-state index in [9.17, 15) is 9.59 Å². The molecule has 21 heavy (non-hydrogen) atoms. The molecule has 1 saturated carbocycles. The zero-order chi connectivity index (χ0) is 15.5. The van der Waals surface area contributed by atoms with E-state index in [1.165, 1.54) is 6.42 Å². The van der Waals surface area contributed by atoms with Crippen LogP contribution < -0.4 is 5.32 Å². The highest BCUT2D eigenvalue weighted by molar-refractivity contribution is 7.98. The smallest absolute Gasteiger partial charge is 0.248 e. The van der Waals surface area contributed by atoms with E-state index < -0.39 is 11.1 Å². The third-order valence-corrected chi connectivity index (χ3v) is 5.86. The second-order valence-electron chi connectivity index (χ2n) is 6.54. The fourth-order valence-electron chi connectivity index (χ4n) is 3.59. The third-order valence-electron chi connectivity index (χ3n) is 5.16. The number of nitrogens with zero attached hydrogens (tertiary/aromatic N) is 1. The van der Waals surface area contributed by atoms with Crippen LogP contribution in [0.1, 0.15) is 58.8 Å². The summed E-state index contributed by atoms with van der Waals surface area (Å²) in [5.74, 6) is 1.23. The molecule has 1 aliphatic carbocycles. The van der Waals surface area contributed by atoms with Gasteiger partial charge in [-0.3, -0.25) is 9.59 Å². The lowest BCUT2D eigenvalue weighted by Gasteiger charge is -2.53. The van der Waals surface area contributed by atoms with Gasteiger partial charge in [-0.2, -0.15) is 11.8 Å². The van der Waals surface area contributed by atoms with Crippen molar-refractivity contribution in [3.63, 3.8) is 0 Å². The SMILES string of the molecule is CCC1(C)NC(=O)C2(CCCCC2)N(CCCSC)C1=O. The van der Waals surface area contributed by atoms with E-state index in [0.29, 0.717) is 13.0 Å². The molecule has 1 saturated heterocycles. The summed E-state index contributed by atoms with van der Waals surface area (Å²) in [6, 6.07) is 0. The van der Waals surface area contributed by atoms with Gasteiger partial charge in [0.25, 0.3) is 0 Å². The third kappa shape index (κ3) is 2.94. The molecule has 4 nitrogen and oxygen atoms in total. The average molecular weight is 312 g/mol. The molecule has 0 radical (unpaired) electrons. The van der Waals surface area contributed by atoms with Gasteiger partial charge < -0.3 is 10.2 Å². The Hall–Kier alpha value is -0.710. The molecule has 1 unspecified atom stereocenters. The van der Waals surface area contributed by atoms with Crippen LogP contribution in [0, 0.1) is 0 Å². The van der Waals surface area contributed by atoms with Gasteiger partial charge in [0.2, 0.25) is 11.8 Å². The normalized spacial score (nSPS) is 28.8. The number of nitrogens with one attached hydrogen (secondary N) is 1. The summed E-state index contributed by atoms with van der Waals surface area (Å²) >= 11 is 1.79. The minimum atomic E-state index is -0.723. The van der Waals surface area contributed by atoms with Crippen molar-refractivity contribution in [1.29, 1.82) is 0 Å². The molecule has 2 rings (SSSR count). The first-order valence-corrected chi connectivity index (χ1v) is 9.53. The molecule has 5 heteroatoms. The summed E-state index contributed by atoms with van der Waals surface area (Å²) in [7, 11) is 0. The monoisotopic (exact) mass is 312 g/mol. The predicted octanol–water partition coefficient (Wildman–Crippen LogP) is 2.57. The Balaban J connectivity index is 2.28. The van der Waals surface area contributed by atoms with E-state index in [0.717, 1.165) is 37.9 Å². The molecule has 1 N–H and O–H groups in total. The van der Waals surface area contributed by atoms with Crippen molar-refractivity contribution in [3.8, 4) is 0 Å². The summed E-state index contributed by atoms with van der Waals surface area (Å²) in [5.41, 5.74) is -1.29. The minimum Gasteiger partial charge on any atom is -0.340 e. The Labute approximate surface area is 132 Å². The first-order valence-electron chi connectivity index (χ1n) is 8.14. The molecular weight excluding hydrogens is 284 g/mol. The molecule has 0 aromatic heterocycles. The number of amides is 2. The number of piperazine rings is 1. The Morgan fingerprint density at radius 2 is 1.90 bits per heavy atom. The zero-order valence-electron chi connectivity index (χ0n) is 13.5. The van der Waals surface area contributed by atoms with Gasteiger partial charge in [0.05, 0.1) is 0 Å². The van der Waals surface area contributed by atoms with Crippen molar-refractivity contribution < 1.29 is 9.59 Å². The molecule has 1 heterocycles. The van der Waals surface area contributed by atoms with Crippen molar-refractivity contribution in [3.05, 3.63) is 0 Å². The van der Waals surface area contributed by atoms with Crippen molar-refractivity contribution in [2.75, 3.05) is 18.6 Å². The van der Waals surface area contributed by atoms with Crippen LogP contribution in [0.3, 0.4) is 0 Å². The molecule has 1 atom stereocenters. The van der Waals surface area contributed by atoms with Crippen LogP contribution in [0.15, 0.2) is 0 Å². The van der Waals surface area contributed by atoms with Gasteiger partial charge in [-0.15, -0.1) is 0 Å². The van der Waals surface area contributed by atoms with Crippen molar-refractivity contribution in [2.45, 2.75) is 69.9 Å². The summed E-state index contributed by atoms with van der Waals surface area (Å²) in [6.45, 7) is 4.55. The fourth-order valence-corrected chi connectivity index (χ4v) is 4.01. The lowest BCUT2D eigenvalue weighted by Crippen LogP contribution is -2.75. The lowest BCUT2D eigenvalue weighted by molar-refractivity contribution is -0.165. The summed E-state index contributed by atoms with van der Waals surface area (Å²) in [6.07, 6.45) is 8.59. The minimum absolute atomic E-state index is 0.0790. The molecule has 1 spiro atoms. The van der Waals surface area contributed by atoms with Gasteiger partial charge in [0, 0.05) is 6.54 Å². The topological polar surface area (TPSA) is 49.4 Å². The maximum absolute atomic E-state index is 13.0. The Morgan fingerprint density at radius 1 is 1.24 bits per heavy atom. The summed E-state index contributed by atoms with van der Waals surface area (Å²) < 4.78 is 0. The van der Waals surface area contributed by atoms with Gasteiger partial charge in [-0.1, -0.05) is 26.2 Å². The first kappa shape index (κ1) is 16.7. The van der Waals surface area contributed by atoms with Crippen molar-refractivity contribution in [2.24, 2.45) is 0 Å². The van der Waals surface area contributed by atoms with Gasteiger partial charge in [-0.05, 0) is 44.6 Å². The fraction of sp³-hybridized carbons (Fsp3) is 0.875. The highest BCUT2D eigenvalue weighted by Gasteiger charge is 2.55. The number of carbonyl (C=O) groups is 2. The molecule has 2 aliphatic rings. The lowest BCUT2D eigenvalue weighted by atomic mass is 9.75. The van der Waals surface area contributed by atoms with Gasteiger partial charge in [-0.25, -0.2) is 0 Å². The van der Waals surface area contributed by atoms with Crippen molar-refractivity contribution >= 4 is 23.6 Å². The van der Waals surface area contributed by atoms with Gasteiger partial charge in [0.1, 0.15) is 11.1 Å². The van der Waals surface area contributed by atoms with Gasteiger partial charge in [0.15, 0.2) is 0 Å². The summed E-state index contributed by atoms with van der Waals surface area (Å²) in [4.78, 5) is 27.8. The van der Waals surface area contributed by atoms with Crippen LogP contribution in [0.4, 0.5) is 0 Å². The van der Waals surface area contributed by atoms with Gasteiger partial charge >= 0.3 is 0 Å². The maximum atomic E-state index is 13.0. The van der Waals surface area contributed by atoms with Crippen molar-refractivity contribution in [1.82, 2.24) is 10.2 Å². The van der Waals surface area contributed by atoms with Crippen LogP contribution >= 0.6 is 11.8 Å². The average Bonchev–Trinajstić information content (AvgIpc) is 2.50. The Morgan fingerprint density at radius 3 is 2.48 bits per heavy atom. The van der Waals surface area contributed by atoms with Crippen LogP contribution in [0.25, 0.3) is 0 Å². The highest BCUT2D eigenvalue weighted by atomic mass is 32.2. The molecule has 2 amide bonds. The van der Waals surface area contributed by atoms with Crippen LogP contribution in [0.5, 0.6) is 0 Å². The number of carbonyl (C=O) groups excluding carboxylic acids is 2. The van der Waals surface area contributed by atoms with E-state index in [1.807, 2.05) is 18.7 Å². The van der Waals surface area contributed by atoms with Crippen LogP contribution in [-0.4, -0.2) is 46.3 Å². The number of hydrogen-bond acceptors (Lipinski definition) is 3. The number of thioether (sulfide) groups is 1. The largest absolute Gasteiger partial charge is 0.340 e. The molecule has 1 aliphatic heterocycles. The number of hydrogen-bond donors (Lipinski definition) is 1. The second-order valence-corrected chi connectivity index (χ2v) is 7.52. The highest BCUT2D eigenvalue weighted by Crippen LogP contribution is 2.39. The molecule has 120 valence electrons. The van der Waals surface area contributed by atoms with E-state index in [-0.39, 0.29) is 11.8 Å². The molecular formula is C16H28N2O2S. The molecule has 0 bridgehead atoms. The first-order chi connectivity index (χ1) is 10.00. The zero-order valence-corrected chi connectivity index (χ0v) is 14.4.